The van der Waals surface area contributed by atoms with Crippen LogP contribution >= 0.6 is 11.8 Å². The maximum Gasteiger partial charge on any atom is 0.119 e. The Labute approximate surface area is 135 Å². The van der Waals surface area contributed by atoms with Crippen molar-refractivity contribution < 1.29 is 4.74 Å². The molecule has 1 atom stereocenters. The summed E-state index contributed by atoms with van der Waals surface area (Å²) in [6.45, 7) is 8.30. The number of hydrogen-bond acceptors (Lipinski definition) is 3. The van der Waals surface area contributed by atoms with Gasteiger partial charge in [0.15, 0.2) is 0 Å². The fraction of sp³-hybridized carbons (Fsp3) is 0.667. The molecule has 1 unspecified atom stereocenters. The molecule has 0 amide bonds. The maximum absolute atomic E-state index is 5.52. The smallest absolute Gasteiger partial charge is 0.119 e. The van der Waals surface area contributed by atoms with Crippen LogP contribution in [0.4, 0.5) is 0 Å². The Morgan fingerprint density at radius 2 is 1.81 bits per heavy atom. The molecule has 0 heterocycles. The van der Waals surface area contributed by atoms with Gasteiger partial charge in [-0.3, -0.25) is 0 Å². The zero-order chi connectivity index (χ0) is 15.3. The van der Waals surface area contributed by atoms with Crippen LogP contribution in [0, 0.1) is 0 Å². The Bertz CT molecular complexity index is 353. The van der Waals surface area contributed by atoms with Gasteiger partial charge in [-0.15, -0.1) is 0 Å². The lowest BCUT2D eigenvalue weighted by atomic mass is 10.1. The molecule has 1 aromatic rings. The molecule has 0 aliphatic heterocycles. The van der Waals surface area contributed by atoms with Crippen LogP contribution in [0.5, 0.6) is 5.75 Å². The van der Waals surface area contributed by atoms with E-state index in [2.05, 4.69) is 55.2 Å². The van der Waals surface area contributed by atoms with Gasteiger partial charge < -0.3 is 10.1 Å². The third-order valence-electron chi connectivity index (χ3n) is 3.41. The predicted octanol–water partition coefficient (Wildman–Crippen LogP) is 5.05. The van der Waals surface area contributed by atoms with E-state index in [0.717, 1.165) is 24.7 Å². The number of ether oxygens (including phenoxy) is 1. The SMILES string of the molecule is CCCCCSCC(NCCC)c1ccc(OCC)cc1. The van der Waals surface area contributed by atoms with Crippen LogP contribution in [0.2, 0.25) is 0 Å². The van der Waals surface area contributed by atoms with E-state index >= 15 is 0 Å². The second-order valence-corrected chi connectivity index (χ2v) is 6.44. The van der Waals surface area contributed by atoms with Crippen LogP contribution in [0.1, 0.15) is 58.1 Å². The molecule has 0 spiro atoms. The van der Waals surface area contributed by atoms with Gasteiger partial charge in [0.05, 0.1) is 6.61 Å². The van der Waals surface area contributed by atoms with Crippen LogP contribution in [-0.2, 0) is 0 Å². The minimum absolute atomic E-state index is 0.451. The van der Waals surface area contributed by atoms with Crippen molar-refractivity contribution in [1.29, 1.82) is 0 Å². The van der Waals surface area contributed by atoms with E-state index in [-0.39, 0.29) is 0 Å². The Kier molecular flexibility index (Phi) is 10.4. The number of benzene rings is 1. The van der Waals surface area contributed by atoms with E-state index in [1.807, 2.05) is 6.92 Å². The van der Waals surface area contributed by atoms with Crippen molar-refractivity contribution in [1.82, 2.24) is 5.32 Å². The summed E-state index contributed by atoms with van der Waals surface area (Å²) >= 11 is 2.07. The first kappa shape index (κ1) is 18.4. The highest BCUT2D eigenvalue weighted by molar-refractivity contribution is 7.99. The first-order chi connectivity index (χ1) is 10.3. The summed E-state index contributed by atoms with van der Waals surface area (Å²) < 4.78 is 5.52. The fourth-order valence-corrected chi connectivity index (χ4v) is 3.33. The molecule has 0 radical (unpaired) electrons. The van der Waals surface area contributed by atoms with Gasteiger partial charge in [0.2, 0.25) is 0 Å². The van der Waals surface area contributed by atoms with Crippen LogP contribution in [0.3, 0.4) is 0 Å². The van der Waals surface area contributed by atoms with Crippen LogP contribution < -0.4 is 10.1 Å². The number of thioether (sulfide) groups is 1. The summed E-state index contributed by atoms with van der Waals surface area (Å²) in [6, 6.07) is 9.02. The third-order valence-corrected chi connectivity index (χ3v) is 4.56. The first-order valence-electron chi connectivity index (χ1n) is 8.35. The lowest BCUT2D eigenvalue weighted by Crippen LogP contribution is -2.24. The molecule has 0 saturated carbocycles. The summed E-state index contributed by atoms with van der Waals surface area (Å²) in [4.78, 5) is 0. The largest absolute Gasteiger partial charge is 0.494 e. The quantitative estimate of drug-likeness (QED) is 0.546. The Morgan fingerprint density at radius 1 is 1.05 bits per heavy atom. The monoisotopic (exact) mass is 309 g/mol. The Balaban J connectivity index is 2.50. The summed E-state index contributed by atoms with van der Waals surface area (Å²) in [5.41, 5.74) is 1.37. The molecule has 120 valence electrons. The summed E-state index contributed by atoms with van der Waals surface area (Å²) in [5, 5.41) is 3.67. The fourth-order valence-electron chi connectivity index (χ4n) is 2.21. The van der Waals surface area contributed by atoms with Crippen LogP contribution in [-0.4, -0.2) is 24.7 Å². The molecule has 21 heavy (non-hydrogen) atoms. The molecule has 0 bridgehead atoms. The minimum atomic E-state index is 0.451. The summed E-state index contributed by atoms with van der Waals surface area (Å²) in [7, 11) is 0. The Morgan fingerprint density at radius 3 is 2.43 bits per heavy atom. The molecule has 1 aromatic carbocycles. The number of hydrogen-bond donors (Lipinski definition) is 1. The molecule has 0 aromatic heterocycles. The van der Waals surface area contributed by atoms with Crippen molar-refractivity contribution in [3.8, 4) is 5.75 Å². The van der Waals surface area contributed by atoms with Gasteiger partial charge in [0.1, 0.15) is 5.75 Å². The third kappa shape index (κ3) is 7.77. The molecule has 3 heteroatoms. The van der Waals surface area contributed by atoms with Crippen LogP contribution in [0.15, 0.2) is 24.3 Å². The highest BCUT2D eigenvalue weighted by atomic mass is 32.2. The van der Waals surface area contributed by atoms with E-state index in [9.17, 15) is 0 Å². The van der Waals surface area contributed by atoms with Crippen molar-refractivity contribution in [2.45, 2.75) is 52.5 Å². The minimum Gasteiger partial charge on any atom is -0.494 e. The molecule has 0 aliphatic carbocycles. The predicted molar refractivity (Wildman–Crippen MR) is 95.5 cm³/mol. The molecular formula is C18H31NOS. The van der Waals surface area contributed by atoms with Gasteiger partial charge >= 0.3 is 0 Å². The van der Waals surface area contributed by atoms with Gasteiger partial charge in [0.25, 0.3) is 0 Å². The van der Waals surface area contributed by atoms with Crippen molar-refractivity contribution in [2.75, 3.05) is 24.7 Å². The van der Waals surface area contributed by atoms with Gasteiger partial charge in [-0.25, -0.2) is 0 Å². The van der Waals surface area contributed by atoms with E-state index in [1.165, 1.54) is 37.0 Å². The first-order valence-corrected chi connectivity index (χ1v) is 9.51. The van der Waals surface area contributed by atoms with Gasteiger partial charge in [-0.05, 0) is 49.8 Å². The second kappa shape index (κ2) is 11.9. The van der Waals surface area contributed by atoms with Gasteiger partial charge in [-0.1, -0.05) is 38.8 Å². The summed E-state index contributed by atoms with van der Waals surface area (Å²) in [6.07, 6.45) is 5.17. The normalized spacial score (nSPS) is 12.3. The Hall–Kier alpha value is -0.670. The molecule has 1 N–H and O–H groups in total. The standard InChI is InChI=1S/C18H31NOS/c1-4-7-8-14-21-15-18(19-13-5-2)16-9-11-17(12-10-16)20-6-3/h9-12,18-19H,4-8,13-15H2,1-3H3. The topological polar surface area (TPSA) is 21.3 Å². The maximum atomic E-state index is 5.52. The molecule has 1 rings (SSSR count). The van der Waals surface area contributed by atoms with E-state index < -0.39 is 0 Å². The average Bonchev–Trinajstić information content (AvgIpc) is 2.51. The number of unbranched alkanes of at least 4 members (excludes halogenated alkanes) is 2. The summed E-state index contributed by atoms with van der Waals surface area (Å²) in [5.74, 6) is 3.39. The van der Waals surface area contributed by atoms with Crippen molar-refractivity contribution in [2.24, 2.45) is 0 Å². The van der Waals surface area contributed by atoms with Crippen molar-refractivity contribution in [3.05, 3.63) is 29.8 Å². The zero-order valence-electron chi connectivity index (χ0n) is 13.9. The van der Waals surface area contributed by atoms with E-state index in [4.69, 9.17) is 4.74 Å². The lowest BCUT2D eigenvalue weighted by Gasteiger charge is -2.19. The number of nitrogens with one attached hydrogen (secondary N) is 1. The molecular weight excluding hydrogens is 278 g/mol. The molecule has 0 saturated heterocycles. The molecule has 2 nitrogen and oxygen atoms in total. The van der Waals surface area contributed by atoms with Gasteiger partial charge in [-0.2, -0.15) is 11.8 Å². The van der Waals surface area contributed by atoms with E-state index in [1.54, 1.807) is 0 Å². The molecule has 0 aliphatic rings. The zero-order valence-corrected chi connectivity index (χ0v) is 14.7. The van der Waals surface area contributed by atoms with Crippen molar-refractivity contribution >= 4 is 11.8 Å². The lowest BCUT2D eigenvalue weighted by molar-refractivity contribution is 0.340. The second-order valence-electron chi connectivity index (χ2n) is 5.29. The highest BCUT2D eigenvalue weighted by Crippen LogP contribution is 2.22. The van der Waals surface area contributed by atoms with E-state index in [0.29, 0.717) is 6.04 Å². The van der Waals surface area contributed by atoms with Crippen LogP contribution in [0.25, 0.3) is 0 Å². The van der Waals surface area contributed by atoms with Crippen molar-refractivity contribution in [3.63, 3.8) is 0 Å². The molecule has 0 fully saturated rings. The highest BCUT2D eigenvalue weighted by Gasteiger charge is 2.10. The number of rotatable bonds is 12. The van der Waals surface area contributed by atoms with Gasteiger partial charge in [0, 0.05) is 11.8 Å². The average molecular weight is 310 g/mol.